The van der Waals surface area contributed by atoms with Crippen molar-refractivity contribution in [1.29, 1.82) is 0 Å². The Hall–Kier alpha value is -3.25. The van der Waals surface area contributed by atoms with Gasteiger partial charge in [-0.05, 0) is 61.2 Å². The van der Waals surface area contributed by atoms with E-state index < -0.39 is 0 Å². The van der Waals surface area contributed by atoms with Crippen molar-refractivity contribution in [3.05, 3.63) is 89.0 Å². The average Bonchev–Trinajstić information content (AvgIpc) is 3.24. The first-order chi connectivity index (χ1) is 16.5. The van der Waals surface area contributed by atoms with Crippen LogP contribution in [0.15, 0.2) is 66.7 Å². The number of nitrogens with one attached hydrogen (secondary N) is 1. The lowest BCUT2D eigenvalue weighted by Crippen LogP contribution is -2.29. The molecule has 4 rings (SSSR count). The topological polar surface area (TPSA) is 58.6 Å². The van der Waals surface area contributed by atoms with Crippen LogP contribution in [0.5, 0.6) is 5.75 Å². The number of nitrogens with zero attached hydrogens (tertiary/aromatic N) is 1. The molecule has 6 heteroatoms. The Morgan fingerprint density at radius 1 is 1.12 bits per heavy atom. The fourth-order valence-corrected chi connectivity index (χ4v) is 5.33. The third-order valence-corrected chi connectivity index (χ3v) is 7.17. The first-order valence-electron chi connectivity index (χ1n) is 11.6. The fraction of sp³-hybridized carbons (Fsp3) is 0.286. The normalized spacial score (nSPS) is 15.4. The summed E-state index contributed by atoms with van der Waals surface area (Å²) in [6.07, 6.45) is 3.30. The second kappa shape index (κ2) is 10.8. The molecule has 1 atom stereocenters. The predicted molar refractivity (Wildman–Crippen MR) is 140 cm³/mol. The maximum Gasteiger partial charge on any atom is 0.255 e. The molecule has 3 aromatic rings. The van der Waals surface area contributed by atoms with Gasteiger partial charge in [0.1, 0.15) is 11.1 Å². The largest absolute Gasteiger partial charge is 0.495 e. The van der Waals surface area contributed by atoms with Gasteiger partial charge < -0.3 is 10.1 Å². The van der Waals surface area contributed by atoms with Crippen molar-refractivity contribution in [2.24, 2.45) is 0 Å². The predicted octanol–water partition coefficient (Wildman–Crippen LogP) is 6.38. The highest BCUT2D eigenvalue weighted by atomic mass is 32.2. The second-order valence-electron chi connectivity index (χ2n) is 8.44. The van der Waals surface area contributed by atoms with Gasteiger partial charge in [0.15, 0.2) is 0 Å². The summed E-state index contributed by atoms with van der Waals surface area (Å²) in [5.41, 5.74) is 5.22. The van der Waals surface area contributed by atoms with Gasteiger partial charge in [0.2, 0.25) is 5.91 Å². The Morgan fingerprint density at radius 2 is 1.88 bits per heavy atom. The first kappa shape index (κ1) is 23.9. The van der Waals surface area contributed by atoms with Crippen molar-refractivity contribution in [1.82, 2.24) is 0 Å². The van der Waals surface area contributed by atoms with E-state index in [-0.39, 0.29) is 17.2 Å². The third-order valence-electron chi connectivity index (χ3n) is 5.97. The van der Waals surface area contributed by atoms with E-state index in [1.54, 1.807) is 23.8 Å². The number of benzene rings is 3. The summed E-state index contributed by atoms with van der Waals surface area (Å²) in [7, 11) is 1.61. The van der Waals surface area contributed by atoms with Gasteiger partial charge in [0, 0.05) is 16.8 Å². The Balaban J connectivity index is 1.61. The number of hydrogen-bond acceptors (Lipinski definition) is 4. The highest BCUT2D eigenvalue weighted by molar-refractivity contribution is 8.00. The maximum atomic E-state index is 13.0. The van der Waals surface area contributed by atoms with E-state index in [4.69, 9.17) is 4.74 Å². The molecule has 0 spiro atoms. The molecule has 0 bridgehead atoms. The minimum Gasteiger partial charge on any atom is -0.495 e. The van der Waals surface area contributed by atoms with Crippen LogP contribution in [0.4, 0.5) is 11.4 Å². The lowest BCUT2D eigenvalue weighted by atomic mass is 10.1. The smallest absolute Gasteiger partial charge is 0.255 e. The molecule has 1 aliphatic heterocycles. The minimum absolute atomic E-state index is 0.0164. The van der Waals surface area contributed by atoms with Crippen molar-refractivity contribution < 1.29 is 14.3 Å². The molecule has 3 aromatic carbocycles. The van der Waals surface area contributed by atoms with Gasteiger partial charge in [-0.25, -0.2) is 0 Å². The fourth-order valence-electron chi connectivity index (χ4n) is 4.13. The summed E-state index contributed by atoms with van der Waals surface area (Å²) in [5.74, 6) is 0.867. The van der Waals surface area contributed by atoms with Gasteiger partial charge in [-0.1, -0.05) is 49.7 Å². The molecule has 1 fully saturated rings. The molecule has 1 N–H and O–H groups in total. The molecule has 0 unspecified atom stereocenters. The van der Waals surface area contributed by atoms with Crippen LogP contribution < -0.4 is 15.0 Å². The van der Waals surface area contributed by atoms with Gasteiger partial charge in [-0.3, -0.25) is 14.5 Å². The number of methoxy groups -OCH3 is 1. The number of aryl methyl sites for hydroxylation is 2. The quantitative estimate of drug-likeness (QED) is 0.412. The highest BCUT2D eigenvalue weighted by Gasteiger charge is 2.37. The van der Waals surface area contributed by atoms with Gasteiger partial charge in [0.25, 0.3) is 5.91 Å². The molecule has 0 aromatic heterocycles. The van der Waals surface area contributed by atoms with Crippen molar-refractivity contribution in [2.75, 3.05) is 23.1 Å². The molecule has 34 heavy (non-hydrogen) atoms. The van der Waals surface area contributed by atoms with E-state index in [1.807, 2.05) is 73.7 Å². The van der Waals surface area contributed by atoms with Crippen LogP contribution in [0.3, 0.4) is 0 Å². The number of carbonyl (C=O) groups is 2. The molecule has 5 nitrogen and oxygen atoms in total. The van der Waals surface area contributed by atoms with Gasteiger partial charge >= 0.3 is 0 Å². The number of amides is 2. The van der Waals surface area contributed by atoms with E-state index >= 15 is 0 Å². The Labute approximate surface area is 205 Å². The van der Waals surface area contributed by atoms with Crippen LogP contribution in [-0.4, -0.2) is 24.7 Å². The summed E-state index contributed by atoms with van der Waals surface area (Å²) in [5, 5.41) is 2.80. The second-order valence-corrected chi connectivity index (χ2v) is 9.51. The standard InChI is InChI=1S/C28H30N2O3S/c1-4-5-8-20-12-14-21(15-13-20)27(32)29-23-10-7-6-9-22(23)28-30(26(31)18-34-28)24-17-19(2)11-16-25(24)33-3/h6-7,9-17,28H,4-5,8,18H2,1-3H3,(H,29,32)/t28-/m0/s1. The molecule has 1 saturated heterocycles. The monoisotopic (exact) mass is 474 g/mol. The molecule has 2 amide bonds. The van der Waals surface area contributed by atoms with Crippen molar-refractivity contribution in [3.63, 3.8) is 0 Å². The Kier molecular flexibility index (Phi) is 7.58. The first-order valence-corrected chi connectivity index (χ1v) is 12.6. The number of unbranched alkanes of at least 4 members (excludes halogenated alkanes) is 1. The summed E-state index contributed by atoms with van der Waals surface area (Å²) in [4.78, 5) is 27.8. The zero-order valence-electron chi connectivity index (χ0n) is 19.8. The highest BCUT2D eigenvalue weighted by Crippen LogP contribution is 2.46. The number of carbonyl (C=O) groups excluding carboxylic acids is 2. The molecule has 1 heterocycles. The van der Waals surface area contributed by atoms with Gasteiger partial charge in [-0.15, -0.1) is 11.8 Å². The maximum absolute atomic E-state index is 13.0. The van der Waals surface area contributed by atoms with Crippen LogP contribution >= 0.6 is 11.8 Å². The zero-order valence-corrected chi connectivity index (χ0v) is 20.7. The lowest BCUT2D eigenvalue weighted by Gasteiger charge is -2.27. The van der Waals surface area contributed by atoms with Crippen molar-refractivity contribution >= 4 is 35.0 Å². The Bertz CT molecular complexity index is 1180. The van der Waals surface area contributed by atoms with Crippen LogP contribution in [0.1, 0.15) is 52.2 Å². The minimum atomic E-state index is -0.267. The van der Waals surface area contributed by atoms with Gasteiger partial charge in [-0.2, -0.15) is 0 Å². The van der Waals surface area contributed by atoms with Crippen molar-refractivity contribution in [3.8, 4) is 5.75 Å². The molecule has 1 aliphatic rings. The number of rotatable bonds is 8. The SMILES string of the molecule is CCCCc1ccc(C(=O)Nc2ccccc2[C@@H]2SCC(=O)N2c2cc(C)ccc2OC)cc1. The number of ether oxygens (including phenoxy) is 1. The molecule has 0 radical (unpaired) electrons. The summed E-state index contributed by atoms with van der Waals surface area (Å²) in [6.45, 7) is 4.17. The Morgan fingerprint density at radius 3 is 2.62 bits per heavy atom. The number of anilines is 2. The van der Waals surface area contributed by atoms with E-state index in [1.165, 1.54) is 5.56 Å². The summed E-state index contributed by atoms with van der Waals surface area (Å²) in [6, 6.07) is 21.3. The third kappa shape index (κ3) is 5.12. The molecular weight excluding hydrogens is 444 g/mol. The lowest BCUT2D eigenvalue weighted by molar-refractivity contribution is -0.115. The molecular formula is C28H30N2O3S. The van der Waals surface area contributed by atoms with Crippen LogP contribution in [0, 0.1) is 6.92 Å². The van der Waals surface area contributed by atoms with E-state index in [2.05, 4.69) is 12.2 Å². The van der Waals surface area contributed by atoms with Gasteiger partial charge in [0.05, 0.1) is 18.6 Å². The zero-order chi connectivity index (χ0) is 24.1. The average molecular weight is 475 g/mol. The van der Waals surface area contributed by atoms with Crippen molar-refractivity contribution in [2.45, 2.75) is 38.5 Å². The molecule has 0 aliphatic carbocycles. The van der Waals surface area contributed by atoms with Crippen LogP contribution in [0.25, 0.3) is 0 Å². The van der Waals surface area contributed by atoms with E-state index in [0.29, 0.717) is 22.8 Å². The number of hydrogen-bond donors (Lipinski definition) is 1. The van der Waals surface area contributed by atoms with E-state index in [9.17, 15) is 9.59 Å². The van der Waals surface area contributed by atoms with Crippen LogP contribution in [-0.2, 0) is 11.2 Å². The summed E-state index contributed by atoms with van der Waals surface area (Å²) >= 11 is 1.55. The number of thioether (sulfide) groups is 1. The van der Waals surface area contributed by atoms with Crippen LogP contribution in [0.2, 0.25) is 0 Å². The molecule has 176 valence electrons. The number of para-hydroxylation sites is 1. The summed E-state index contributed by atoms with van der Waals surface area (Å²) < 4.78 is 5.56. The van der Waals surface area contributed by atoms with E-state index in [0.717, 1.165) is 36.1 Å². The molecule has 0 saturated carbocycles.